The van der Waals surface area contributed by atoms with E-state index in [4.69, 9.17) is 11.6 Å². The fraction of sp³-hybridized carbons (Fsp3) is 0. The third-order valence-electron chi connectivity index (χ3n) is 1.88. The van der Waals surface area contributed by atoms with Crippen LogP contribution in [0, 0.1) is 5.82 Å². The van der Waals surface area contributed by atoms with E-state index in [2.05, 4.69) is 15.9 Å². The Labute approximate surface area is 92.6 Å². The normalized spacial score (nSPS) is 10.8. The molecule has 1 N–H and O–H groups in total. The minimum atomic E-state index is -0.436. The van der Waals surface area contributed by atoms with E-state index < -0.39 is 5.82 Å². The smallest absolute Gasteiger partial charge is 0.270 e. The molecule has 0 bridgehead atoms. The maximum atomic E-state index is 13.0. The Balaban J connectivity index is 3.00. The molecule has 0 atom stereocenters. The lowest BCUT2D eigenvalue weighted by Gasteiger charge is -1.99. The molecule has 14 heavy (non-hydrogen) atoms. The molecule has 0 saturated carbocycles. The van der Waals surface area contributed by atoms with Crippen molar-refractivity contribution in [2.45, 2.75) is 0 Å². The van der Waals surface area contributed by atoms with Gasteiger partial charge in [-0.1, -0.05) is 11.6 Å². The summed E-state index contributed by atoms with van der Waals surface area (Å²) in [5.74, 6) is -0.436. The summed E-state index contributed by atoms with van der Waals surface area (Å²) in [6, 6.07) is 4.05. The van der Waals surface area contributed by atoms with Crippen molar-refractivity contribution < 1.29 is 14.3 Å². The molecule has 2 nitrogen and oxygen atoms in total. The van der Waals surface area contributed by atoms with Crippen LogP contribution in [0.1, 0.15) is 0 Å². The van der Waals surface area contributed by atoms with E-state index in [1.165, 1.54) is 24.4 Å². The Morgan fingerprint density at radius 1 is 1.43 bits per heavy atom. The first-order chi connectivity index (χ1) is 6.59. The molecule has 0 spiro atoms. The van der Waals surface area contributed by atoms with Gasteiger partial charge in [0.1, 0.15) is 5.82 Å². The number of hydrogen-bond acceptors (Lipinski definition) is 1. The summed E-state index contributed by atoms with van der Waals surface area (Å²) in [5, 5.41) is 10.5. The fourth-order valence-electron chi connectivity index (χ4n) is 1.28. The van der Waals surface area contributed by atoms with Crippen molar-refractivity contribution in [3.8, 4) is 0 Å². The van der Waals surface area contributed by atoms with Gasteiger partial charge in [0.15, 0.2) is 0 Å². The van der Waals surface area contributed by atoms with Crippen molar-refractivity contribution in [3.63, 3.8) is 0 Å². The highest BCUT2D eigenvalue weighted by atomic mass is 79.9. The second kappa shape index (κ2) is 3.37. The maximum absolute atomic E-state index is 13.0. The van der Waals surface area contributed by atoms with Crippen LogP contribution in [0.2, 0.25) is 5.02 Å². The summed E-state index contributed by atoms with van der Waals surface area (Å²) in [7, 11) is 0. The molecular formula is C9H5BrClFNO+. The SMILES string of the molecule is O[n+]1ccc(Cl)c2c(Br)cc(F)cc21. The Bertz CT molecular complexity index is 518. The first-order valence-corrected chi connectivity index (χ1v) is 4.95. The number of aromatic nitrogens is 1. The molecule has 0 radical (unpaired) electrons. The summed E-state index contributed by atoms with van der Waals surface area (Å²) in [6.07, 6.45) is 1.36. The van der Waals surface area contributed by atoms with Gasteiger partial charge in [-0.25, -0.2) is 4.39 Å². The molecule has 0 unspecified atom stereocenters. The molecule has 0 amide bonds. The lowest BCUT2D eigenvalue weighted by Crippen LogP contribution is -2.30. The molecule has 1 aromatic carbocycles. The monoisotopic (exact) mass is 276 g/mol. The zero-order chi connectivity index (χ0) is 10.3. The third-order valence-corrected chi connectivity index (χ3v) is 2.82. The highest BCUT2D eigenvalue weighted by Gasteiger charge is 2.15. The maximum Gasteiger partial charge on any atom is 0.270 e. The van der Waals surface area contributed by atoms with Crippen LogP contribution < -0.4 is 4.73 Å². The van der Waals surface area contributed by atoms with Gasteiger partial charge in [0.05, 0.1) is 16.5 Å². The van der Waals surface area contributed by atoms with E-state index in [0.717, 1.165) is 4.73 Å². The van der Waals surface area contributed by atoms with Crippen LogP contribution in [-0.4, -0.2) is 5.21 Å². The highest BCUT2D eigenvalue weighted by molar-refractivity contribution is 9.10. The van der Waals surface area contributed by atoms with Gasteiger partial charge in [0.2, 0.25) is 6.20 Å². The number of nitrogens with zero attached hydrogens (tertiary/aromatic N) is 1. The van der Waals surface area contributed by atoms with Crippen molar-refractivity contribution in [2.75, 3.05) is 0 Å². The molecule has 0 aliphatic rings. The summed E-state index contributed by atoms with van der Waals surface area (Å²) in [5.41, 5.74) is 0.323. The zero-order valence-electron chi connectivity index (χ0n) is 6.84. The van der Waals surface area contributed by atoms with E-state index in [-0.39, 0.29) is 0 Å². The Morgan fingerprint density at radius 3 is 2.86 bits per heavy atom. The average Bonchev–Trinajstić information content (AvgIpc) is 2.10. The van der Waals surface area contributed by atoms with Crippen LogP contribution in [0.3, 0.4) is 0 Å². The van der Waals surface area contributed by atoms with Crippen molar-refractivity contribution in [1.82, 2.24) is 0 Å². The van der Waals surface area contributed by atoms with Gasteiger partial charge in [-0.15, -0.1) is 0 Å². The van der Waals surface area contributed by atoms with Gasteiger partial charge in [-0.3, -0.25) is 5.21 Å². The van der Waals surface area contributed by atoms with Crippen molar-refractivity contribution in [1.29, 1.82) is 0 Å². The molecule has 2 aromatic rings. The van der Waals surface area contributed by atoms with E-state index in [1.54, 1.807) is 0 Å². The van der Waals surface area contributed by atoms with Gasteiger partial charge in [0, 0.05) is 15.3 Å². The zero-order valence-corrected chi connectivity index (χ0v) is 9.18. The molecule has 0 aliphatic carbocycles. The van der Waals surface area contributed by atoms with E-state index in [1.807, 2.05) is 0 Å². The molecule has 0 saturated heterocycles. The fourth-order valence-corrected chi connectivity index (χ4v) is 2.28. The summed E-state index contributed by atoms with van der Waals surface area (Å²) < 4.78 is 14.4. The molecule has 5 heteroatoms. The van der Waals surface area contributed by atoms with Crippen LogP contribution in [0.5, 0.6) is 0 Å². The second-order valence-electron chi connectivity index (χ2n) is 2.79. The quantitative estimate of drug-likeness (QED) is 0.581. The largest absolute Gasteiger partial charge is 0.285 e. The van der Waals surface area contributed by atoms with E-state index >= 15 is 0 Å². The Hall–Kier alpha value is -0.870. The molecule has 0 fully saturated rings. The summed E-state index contributed by atoms with van der Waals surface area (Å²) >= 11 is 9.09. The van der Waals surface area contributed by atoms with Gasteiger partial charge >= 0.3 is 0 Å². The van der Waals surface area contributed by atoms with E-state index in [0.29, 0.717) is 20.4 Å². The van der Waals surface area contributed by atoms with E-state index in [9.17, 15) is 9.60 Å². The molecule has 1 aromatic heterocycles. The summed E-state index contributed by atoms with van der Waals surface area (Å²) in [4.78, 5) is 0. The lowest BCUT2D eigenvalue weighted by molar-refractivity contribution is -0.884. The first-order valence-electron chi connectivity index (χ1n) is 3.78. The Morgan fingerprint density at radius 2 is 2.14 bits per heavy atom. The van der Waals surface area contributed by atoms with Gasteiger partial charge in [-0.05, 0) is 22.0 Å². The van der Waals surface area contributed by atoms with Crippen molar-refractivity contribution in [2.24, 2.45) is 0 Å². The lowest BCUT2D eigenvalue weighted by atomic mass is 10.2. The number of hydrogen-bond donors (Lipinski definition) is 1. The number of halogens is 3. The van der Waals surface area contributed by atoms with Gasteiger partial charge in [0.25, 0.3) is 5.52 Å². The number of rotatable bonds is 0. The Kier molecular flexibility index (Phi) is 2.33. The topological polar surface area (TPSA) is 24.1 Å². The standard InChI is InChI=1S/C9H5BrClFNO/c10-6-3-5(12)4-8-9(6)7(11)1-2-13(8)14/h1-4,14H/q+1. The molecule has 1 heterocycles. The number of pyridine rings is 1. The molecule has 0 aliphatic heterocycles. The van der Waals surface area contributed by atoms with Crippen molar-refractivity contribution in [3.05, 3.63) is 39.7 Å². The minimum Gasteiger partial charge on any atom is -0.285 e. The number of fused-ring (bicyclic) bond motifs is 1. The number of benzene rings is 1. The molecule has 72 valence electrons. The van der Waals surface area contributed by atoms with Gasteiger partial charge < -0.3 is 0 Å². The average molecular weight is 278 g/mol. The molecule has 2 rings (SSSR count). The van der Waals surface area contributed by atoms with Crippen LogP contribution in [0.15, 0.2) is 28.9 Å². The van der Waals surface area contributed by atoms with Crippen LogP contribution in [-0.2, 0) is 0 Å². The predicted octanol–water partition coefficient (Wildman–Crippen LogP) is 2.92. The van der Waals surface area contributed by atoms with Crippen LogP contribution in [0.4, 0.5) is 4.39 Å². The summed E-state index contributed by atoms with van der Waals surface area (Å²) in [6.45, 7) is 0. The molecular weight excluding hydrogens is 272 g/mol. The van der Waals surface area contributed by atoms with Crippen molar-refractivity contribution >= 4 is 38.4 Å². The third kappa shape index (κ3) is 1.44. The second-order valence-corrected chi connectivity index (χ2v) is 4.05. The van der Waals surface area contributed by atoms with Crippen LogP contribution >= 0.6 is 27.5 Å². The highest BCUT2D eigenvalue weighted by Crippen LogP contribution is 2.29. The first kappa shape index (κ1) is 9.68. The van der Waals surface area contributed by atoms with Crippen LogP contribution in [0.25, 0.3) is 10.9 Å². The predicted molar refractivity (Wildman–Crippen MR) is 54.0 cm³/mol. The van der Waals surface area contributed by atoms with Gasteiger partial charge in [-0.2, -0.15) is 0 Å². The minimum absolute atomic E-state index is 0.323.